The summed E-state index contributed by atoms with van der Waals surface area (Å²) in [6.45, 7) is 8.12. The molecule has 0 saturated carbocycles. The number of rotatable bonds is 3. The van der Waals surface area contributed by atoms with E-state index >= 15 is 0 Å². The number of hydrogen-bond donors (Lipinski definition) is 2. The summed E-state index contributed by atoms with van der Waals surface area (Å²) in [5.74, 6) is 0.493. The zero-order chi connectivity index (χ0) is 14.8. The Labute approximate surface area is 129 Å². The average molecular weight is 339 g/mol. The first kappa shape index (κ1) is 15.5. The van der Waals surface area contributed by atoms with E-state index in [0.717, 1.165) is 36.1 Å². The molecular weight excluding hydrogens is 316 g/mol. The van der Waals surface area contributed by atoms with Crippen LogP contribution in [-0.4, -0.2) is 19.0 Å². The predicted octanol–water partition coefficient (Wildman–Crippen LogP) is 3.72. The van der Waals surface area contributed by atoms with Gasteiger partial charge in [-0.1, -0.05) is 35.8 Å². The highest BCUT2D eigenvalue weighted by molar-refractivity contribution is 9.10. The number of benzene rings is 1. The standard InChI is InChI=1S/C16H23BrN2O/c1-11-6-7-13(9-14(11)17)19-15(20)16(2,3)12-5-4-8-18-10-12/h6-7,9,12,18H,4-5,8,10H2,1-3H3,(H,19,20). The van der Waals surface area contributed by atoms with E-state index in [1.54, 1.807) is 0 Å². The molecule has 0 radical (unpaired) electrons. The largest absolute Gasteiger partial charge is 0.326 e. The molecule has 4 heteroatoms. The molecule has 1 aliphatic rings. The highest BCUT2D eigenvalue weighted by Crippen LogP contribution is 2.33. The van der Waals surface area contributed by atoms with E-state index in [4.69, 9.17) is 0 Å². The molecule has 1 saturated heterocycles. The molecule has 1 amide bonds. The molecule has 0 spiro atoms. The van der Waals surface area contributed by atoms with Gasteiger partial charge in [0.25, 0.3) is 0 Å². The van der Waals surface area contributed by atoms with Crippen LogP contribution in [0.2, 0.25) is 0 Å². The molecular formula is C16H23BrN2O. The number of carbonyl (C=O) groups is 1. The monoisotopic (exact) mass is 338 g/mol. The Balaban J connectivity index is 2.07. The molecule has 110 valence electrons. The molecule has 2 N–H and O–H groups in total. The quantitative estimate of drug-likeness (QED) is 0.881. The molecule has 2 rings (SSSR count). The SMILES string of the molecule is Cc1ccc(NC(=O)C(C)(C)C2CCCNC2)cc1Br. The minimum Gasteiger partial charge on any atom is -0.326 e. The third kappa shape index (κ3) is 3.41. The van der Waals surface area contributed by atoms with Gasteiger partial charge in [0.2, 0.25) is 5.91 Å². The molecule has 1 atom stereocenters. The Hall–Kier alpha value is -0.870. The maximum absolute atomic E-state index is 12.6. The van der Waals surface area contributed by atoms with Crippen molar-refractivity contribution in [3.63, 3.8) is 0 Å². The molecule has 1 unspecified atom stereocenters. The predicted molar refractivity (Wildman–Crippen MR) is 86.9 cm³/mol. The van der Waals surface area contributed by atoms with Crippen LogP contribution in [0.1, 0.15) is 32.3 Å². The molecule has 0 bridgehead atoms. The number of aryl methyl sites for hydroxylation is 1. The van der Waals surface area contributed by atoms with Gasteiger partial charge in [0.15, 0.2) is 0 Å². The van der Waals surface area contributed by atoms with E-state index in [1.165, 1.54) is 5.56 Å². The maximum atomic E-state index is 12.6. The van der Waals surface area contributed by atoms with Crippen molar-refractivity contribution in [1.29, 1.82) is 0 Å². The van der Waals surface area contributed by atoms with Gasteiger partial charge in [-0.3, -0.25) is 4.79 Å². The average Bonchev–Trinajstić information content (AvgIpc) is 2.44. The van der Waals surface area contributed by atoms with E-state index < -0.39 is 0 Å². The number of carbonyl (C=O) groups excluding carboxylic acids is 1. The van der Waals surface area contributed by atoms with Gasteiger partial charge in [-0.2, -0.15) is 0 Å². The lowest BCUT2D eigenvalue weighted by atomic mass is 9.74. The first-order chi connectivity index (χ1) is 9.41. The van der Waals surface area contributed by atoms with E-state index in [1.807, 2.05) is 39.0 Å². The lowest BCUT2D eigenvalue weighted by Gasteiger charge is -2.36. The maximum Gasteiger partial charge on any atom is 0.230 e. The summed E-state index contributed by atoms with van der Waals surface area (Å²) in [4.78, 5) is 12.6. The second-order valence-corrected chi connectivity index (χ2v) is 7.04. The normalized spacial score (nSPS) is 19.7. The topological polar surface area (TPSA) is 41.1 Å². The third-order valence-electron chi connectivity index (χ3n) is 4.33. The van der Waals surface area contributed by atoms with Gasteiger partial charge in [0.05, 0.1) is 0 Å². The summed E-state index contributed by atoms with van der Waals surface area (Å²) in [6, 6.07) is 5.92. The van der Waals surface area contributed by atoms with E-state index in [-0.39, 0.29) is 11.3 Å². The van der Waals surface area contributed by atoms with Crippen molar-refractivity contribution < 1.29 is 4.79 Å². The summed E-state index contributed by atoms with van der Waals surface area (Å²) in [6.07, 6.45) is 2.27. The second-order valence-electron chi connectivity index (χ2n) is 6.18. The van der Waals surface area contributed by atoms with Crippen molar-refractivity contribution in [2.75, 3.05) is 18.4 Å². The van der Waals surface area contributed by atoms with Gasteiger partial charge in [0, 0.05) is 15.6 Å². The minimum atomic E-state index is -0.356. The fourth-order valence-electron chi connectivity index (χ4n) is 2.62. The van der Waals surface area contributed by atoms with Crippen molar-refractivity contribution in [3.05, 3.63) is 28.2 Å². The molecule has 1 heterocycles. The first-order valence-electron chi connectivity index (χ1n) is 7.19. The fraction of sp³-hybridized carbons (Fsp3) is 0.562. The van der Waals surface area contributed by atoms with E-state index in [0.29, 0.717) is 5.92 Å². The van der Waals surface area contributed by atoms with E-state index in [2.05, 4.69) is 26.6 Å². The third-order valence-corrected chi connectivity index (χ3v) is 5.19. The summed E-state index contributed by atoms with van der Waals surface area (Å²) in [5, 5.41) is 6.44. The van der Waals surface area contributed by atoms with E-state index in [9.17, 15) is 4.79 Å². The van der Waals surface area contributed by atoms with Crippen molar-refractivity contribution in [2.45, 2.75) is 33.6 Å². The minimum absolute atomic E-state index is 0.0990. The second kappa shape index (κ2) is 6.27. The summed E-state index contributed by atoms with van der Waals surface area (Å²) in [7, 11) is 0. The summed E-state index contributed by atoms with van der Waals surface area (Å²) < 4.78 is 1.02. The van der Waals surface area contributed by atoms with Crippen LogP contribution < -0.4 is 10.6 Å². The lowest BCUT2D eigenvalue weighted by Crippen LogP contribution is -2.44. The van der Waals surface area contributed by atoms with Crippen molar-refractivity contribution in [1.82, 2.24) is 5.32 Å². The Morgan fingerprint density at radius 1 is 1.45 bits per heavy atom. The van der Waals surface area contributed by atoms with Crippen LogP contribution in [0.4, 0.5) is 5.69 Å². The van der Waals surface area contributed by atoms with Gasteiger partial charge < -0.3 is 10.6 Å². The van der Waals surface area contributed by atoms with Crippen LogP contribution in [-0.2, 0) is 4.79 Å². The number of anilines is 1. The van der Waals surface area contributed by atoms with Gasteiger partial charge >= 0.3 is 0 Å². The summed E-state index contributed by atoms with van der Waals surface area (Å²) >= 11 is 3.50. The molecule has 0 aromatic heterocycles. The zero-order valence-corrected chi connectivity index (χ0v) is 14.0. The van der Waals surface area contributed by atoms with Crippen LogP contribution in [0, 0.1) is 18.3 Å². The number of piperidine rings is 1. The number of amides is 1. The van der Waals surface area contributed by atoms with Gasteiger partial charge in [-0.25, -0.2) is 0 Å². The molecule has 3 nitrogen and oxygen atoms in total. The Bertz CT molecular complexity index is 493. The van der Waals surface area contributed by atoms with Crippen LogP contribution in [0.3, 0.4) is 0 Å². The van der Waals surface area contributed by atoms with Gasteiger partial charge in [-0.05, 0) is 56.5 Å². The number of halogens is 1. The van der Waals surface area contributed by atoms with Crippen LogP contribution in [0.5, 0.6) is 0 Å². The van der Waals surface area contributed by atoms with Crippen LogP contribution >= 0.6 is 15.9 Å². The molecule has 1 aliphatic heterocycles. The number of hydrogen-bond acceptors (Lipinski definition) is 2. The fourth-order valence-corrected chi connectivity index (χ4v) is 2.99. The van der Waals surface area contributed by atoms with Gasteiger partial charge in [-0.15, -0.1) is 0 Å². The Kier molecular flexibility index (Phi) is 4.86. The Morgan fingerprint density at radius 2 is 2.20 bits per heavy atom. The van der Waals surface area contributed by atoms with Crippen molar-refractivity contribution >= 4 is 27.5 Å². The molecule has 20 heavy (non-hydrogen) atoms. The zero-order valence-electron chi connectivity index (χ0n) is 12.4. The van der Waals surface area contributed by atoms with Gasteiger partial charge in [0.1, 0.15) is 0 Å². The summed E-state index contributed by atoms with van der Waals surface area (Å²) in [5.41, 5.74) is 1.66. The van der Waals surface area contributed by atoms with Crippen molar-refractivity contribution in [2.24, 2.45) is 11.3 Å². The van der Waals surface area contributed by atoms with Crippen LogP contribution in [0.25, 0.3) is 0 Å². The molecule has 1 aromatic carbocycles. The van der Waals surface area contributed by atoms with Crippen LogP contribution in [0.15, 0.2) is 22.7 Å². The highest BCUT2D eigenvalue weighted by atomic mass is 79.9. The Morgan fingerprint density at radius 3 is 2.80 bits per heavy atom. The smallest absolute Gasteiger partial charge is 0.230 e. The molecule has 1 fully saturated rings. The highest BCUT2D eigenvalue weighted by Gasteiger charge is 2.37. The van der Waals surface area contributed by atoms with Crippen molar-refractivity contribution in [3.8, 4) is 0 Å². The lowest BCUT2D eigenvalue weighted by molar-refractivity contribution is -0.127. The number of nitrogens with one attached hydrogen (secondary N) is 2. The molecule has 0 aliphatic carbocycles. The first-order valence-corrected chi connectivity index (χ1v) is 7.99. The molecule has 1 aromatic rings.